The second kappa shape index (κ2) is 5.08. The van der Waals surface area contributed by atoms with Crippen molar-refractivity contribution >= 4 is 0 Å². The summed E-state index contributed by atoms with van der Waals surface area (Å²) in [6.45, 7) is 13.8. The molecule has 0 rings (SSSR count). The maximum atomic E-state index is 2.35. The molecule has 0 aromatic rings. The molecule has 1 nitrogen and oxygen atoms in total. The van der Waals surface area contributed by atoms with Gasteiger partial charge in [0, 0.05) is 0 Å². The van der Waals surface area contributed by atoms with Crippen molar-refractivity contribution in [1.82, 2.24) is 0 Å². The van der Waals surface area contributed by atoms with E-state index in [1.54, 1.807) is 0 Å². The molecule has 0 aromatic heterocycles. The molecule has 0 aliphatic carbocycles. The van der Waals surface area contributed by atoms with E-state index in [1.165, 1.54) is 4.48 Å². The standard InChI is InChI=1S/C10H24N.ClH/c1-8(2)11(7,9(3)4)10(5)6;/h8-10H,1-7H3;1H/q+1;/p-1. The zero-order valence-corrected chi connectivity index (χ0v) is 10.3. The van der Waals surface area contributed by atoms with Gasteiger partial charge >= 0.3 is 0 Å². The van der Waals surface area contributed by atoms with Crippen LogP contribution in [0.1, 0.15) is 41.5 Å². The van der Waals surface area contributed by atoms with Crippen LogP contribution in [-0.4, -0.2) is 29.7 Å². The largest absolute Gasteiger partial charge is 1.00 e. The number of quaternary nitrogens is 1. The summed E-state index contributed by atoms with van der Waals surface area (Å²) in [6, 6.07) is 2.15. The van der Waals surface area contributed by atoms with Gasteiger partial charge < -0.3 is 16.9 Å². The Bertz CT molecular complexity index is 97.2. The fraction of sp³-hybridized carbons (Fsp3) is 1.00. The molecule has 0 saturated heterocycles. The smallest absolute Gasteiger partial charge is 0.0835 e. The molecule has 2 heteroatoms. The summed E-state index contributed by atoms with van der Waals surface area (Å²) in [5, 5.41) is 0. The second-order valence-electron chi connectivity index (χ2n) is 4.50. The molecule has 0 aromatic carbocycles. The first-order chi connectivity index (χ1) is 4.83. The highest BCUT2D eigenvalue weighted by atomic mass is 35.5. The van der Waals surface area contributed by atoms with Crippen molar-refractivity contribution in [2.24, 2.45) is 0 Å². The van der Waals surface area contributed by atoms with Crippen LogP contribution >= 0.6 is 0 Å². The van der Waals surface area contributed by atoms with Gasteiger partial charge in [-0.25, -0.2) is 0 Å². The molecule has 0 bridgehead atoms. The first-order valence-electron chi connectivity index (χ1n) is 4.69. The first kappa shape index (κ1) is 14.8. The Morgan fingerprint density at radius 3 is 0.833 bits per heavy atom. The minimum Gasteiger partial charge on any atom is -1.00 e. The van der Waals surface area contributed by atoms with Gasteiger partial charge in [-0.15, -0.1) is 0 Å². The molecule has 76 valence electrons. The van der Waals surface area contributed by atoms with Crippen LogP contribution in [0.5, 0.6) is 0 Å². The zero-order valence-electron chi connectivity index (χ0n) is 9.56. The maximum Gasteiger partial charge on any atom is 0.0835 e. The van der Waals surface area contributed by atoms with Crippen LogP contribution in [0.4, 0.5) is 0 Å². The van der Waals surface area contributed by atoms with Gasteiger partial charge in [0.05, 0.1) is 25.2 Å². The normalized spacial score (nSPS) is 12.5. The molecular formula is C10H24ClN. The summed E-state index contributed by atoms with van der Waals surface area (Å²) in [7, 11) is 2.35. The Balaban J connectivity index is 0. The number of rotatable bonds is 3. The SMILES string of the molecule is CC(C)[N+](C)(C(C)C)C(C)C.[Cl-]. The van der Waals surface area contributed by atoms with Crippen molar-refractivity contribution in [2.45, 2.75) is 59.7 Å². The van der Waals surface area contributed by atoms with Crippen molar-refractivity contribution in [3.05, 3.63) is 0 Å². The minimum atomic E-state index is 0. The van der Waals surface area contributed by atoms with Gasteiger partial charge in [0.1, 0.15) is 0 Å². The number of hydrogen-bond donors (Lipinski definition) is 0. The molecule has 0 atom stereocenters. The van der Waals surface area contributed by atoms with E-state index in [-0.39, 0.29) is 12.4 Å². The van der Waals surface area contributed by atoms with E-state index in [9.17, 15) is 0 Å². The van der Waals surface area contributed by atoms with Gasteiger partial charge in [0.2, 0.25) is 0 Å². The van der Waals surface area contributed by atoms with Crippen LogP contribution in [0.2, 0.25) is 0 Å². The van der Waals surface area contributed by atoms with Crippen molar-refractivity contribution < 1.29 is 16.9 Å². The topological polar surface area (TPSA) is 0 Å². The minimum absolute atomic E-state index is 0. The molecule has 0 amide bonds. The van der Waals surface area contributed by atoms with Crippen molar-refractivity contribution in [2.75, 3.05) is 7.05 Å². The Morgan fingerprint density at radius 1 is 0.667 bits per heavy atom. The van der Waals surface area contributed by atoms with E-state index in [0.717, 1.165) is 18.1 Å². The molecule has 12 heavy (non-hydrogen) atoms. The second-order valence-corrected chi connectivity index (χ2v) is 4.50. The third-order valence-electron chi connectivity index (χ3n) is 3.34. The predicted molar refractivity (Wildman–Crippen MR) is 51.6 cm³/mol. The van der Waals surface area contributed by atoms with Crippen LogP contribution < -0.4 is 12.4 Å². The van der Waals surface area contributed by atoms with Gasteiger partial charge in [-0.1, -0.05) is 0 Å². The lowest BCUT2D eigenvalue weighted by atomic mass is 10.1. The molecule has 0 saturated carbocycles. The van der Waals surface area contributed by atoms with Gasteiger partial charge in [-0.05, 0) is 41.5 Å². The van der Waals surface area contributed by atoms with E-state index in [2.05, 4.69) is 48.6 Å². The number of hydrogen-bond acceptors (Lipinski definition) is 0. The zero-order chi connectivity index (χ0) is 9.23. The van der Waals surface area contributed by atoms with Gasteiger partial charge in [-0.3, -0.25) is 0 Å². The fourth-order valence-electron chi connectivity index (χ4n) is 1.79. The van der Waals surface area contributed by atoms with Gasteiger partial charge in [0.15, 0.2) is 0 Å². The summed E-state index contributed by atoms with van der Waals surface area (Å²) < 4.78 is 1.17. The van der Waals surface area contributed by atoms with Crippen molar-refractivity contribution in [3.63, 3.8) is 0 Å². The predicted octanol–water partition coefficient (Wildman–Crippen LogP) is -0.338. The molecule has 0 fully saturated rings. The highest BCUT2D eigenvalue weighted by Gasteiger charge is 2.32. The summed E-state index contributed by atoms with van der Waals surface area (Å²) in [4.78, 5) is 0. The lowest BCUT2D eigenvalue weighted by molar-refractivity contribution is -0.968. The van der Waals surface area contributed by atoms with Crippen molar-refractivity contribution in [1.29, 1.82) is 0 Å². The Kier molecular flexibility index (Phi) is 6.25. The molecule has 0 radical (unpaired) electrons. The van der Waals surface area contributed by atoms with Crippen LogP contribution in [0.25, 0.3) is 0 Å². The van der Waals surface area contributed by atoms with E-state index >= 15 is 0 Å². The highest BCUT2D eigenvalue weighted by Crippen LogP contribution is 2.20. The molecule has 0 spiro atoms. The third kappa shape index (κ3) is 2.63. The average Bonchev–Trinajstić information content (AvgIpc) is 1.84. The van der Waals surface area contributed by atoms with E-state index < -0.39 is 0 Å². The van der Waals surface area contributed by atoms with Crippen molar-refractivity contribution in [3.8, 4) is 0 Å². The van der Waals surface area contributed by atoms with Gasteiger partial charge in [0.25, 0.3) is 0 Å². The first-order valence-corrected chi connectivity index (χ1v) is 4.69. The Labute approximate surface area is 84.1 Å². The fourth-order valence-corrected chi connectivity index (χ4v) is 1.79. The summed E-state index contributed by atoms with van der Waals surface area (Å²) in [6.07, 6.45) is 0. The molecule has 0 unspecified atom stereocenters. The molecule has 0 heterocycles. The van der Waals surface area contributed by atoms with Crippen LogP contribution in [-0.2, 0) is 0 Å². The summed E-state index contributed by atoms with van der Waals surface area (Å²) in [5.74, 6) is 0. The summed E-state index contributed by atoms with van der Waals surface area (Å²) in [5.41, 5.74) is 0. The van der Waals surface area contributed by atoms with Crippen LogP contribution in [0.3, 0.4) is 0 Å². The summed E-state index contributed by atoms with van der Waals surface area (Å²) >= 11 is 0. The highest BCUT2D eigenvalue weighted by molar-refractivity contribution is 4.53. The molecule has 0 aliphatic rings. The maximum absolute atomic E-state index is 2.35. The van der Waals surface area contributed by atoms with Crippen LogP contribution in [0.15, 0.2) is 0 Å². The Hall–Kier alpha value is 0.250. The molecular weight excluding hydrogens is 170 g/mol. The van der Waals surface area contributed by atoms with E-state index in [1.807, 2.05) is 0 Å². The lowest BCUT2D eigenvalue weighted by Crippen LogP contribution is -3.00. The number of halogens is 1. The Morgan fingerprint density at radius 2 is 0.833 bits per heavy atom. The third-order valence-corrected chi connectivity index (χ3v) is 3.34. The molecule has 0 N–H and O–H groups in total. The monoisotopic (exact) mass is 193 g/mol. The van der Waals surface area contributed by atoms with E-state index in [4.69, 9.17) is 0 Å². The van der Waals surface area contributed by atoms with Crippen LogP contribution in [0, 0.1) is 0 Å². The average molecular weight is 194 g/mol. The van der Waals surface area contributed by atoms with E-state index in [0.29, 0.717) is 0 Å². The molecule has 0 aliphatic heterocycles. The lowest BCUT2D eigenvalue weighted by Gasteiger charge is -2.46. The van der Waals surface area contributed by atoms with Gasteiger partial charge in [-0.2, -0.15) is 0 Å². The number of nitrogens with zero attached hydrogens (tertiary/aromatic N) is 1. The quantitative estimate of drug-likeness (QED) is 0.539.